The van der Waals surface area contributed by atoms with Crippen molar-refractivity contribution in [2.24, 2.45) is 0 Å². The van der Waals surface area contributed by atoms with Crippen molar-refractivity contribution in [2.75, 3.05) is 10.6 Å². The summed E-state index contributed by atoms with van der Waals surface area (Å²) in [5.41, 5.74) is 3.00. The highest BCUT2D eigenvalue weighted by molar-refractivity contribution is 6.33. The molecule has 0 amide bonds. The molecule has 1 aliphatic rings. The summed E-state index contributed by atoms with van der Waals surface area (Å²) < 4.78 is 0. The Morgan fingerprint density at radius 3 is 2.52 bits per heavy atom. The predicted molar refractivity (Wildman–Crippen MR) is 96.9 cm³/mol. The van der Waals surface area contributed by atoms with E-state index in [0.29, 0.717) is 16.9 Å². The number of anilines is 3. The topological polar surface area (TPSA) is 49.8 Å². The van der Waals surface area contributed by atoms with Crippen molar-refractivity contribution in [2.45, 2.75) is 52.0 Å². The number of benzene rings is 1. The number of halogens is 1. The largest absolute Gasteiger partial charge is 0.350 e. The molecule has 4 nitrogen and oxygen atoms in total. The van der Waals surface area contributed by atoms with Gasteiger partial charge in [-0.05, 0) is 52.2 Å². The molecule has 3 rings (SSSR count). The third-order valence-electron chi connectivity index (χ3n) is 3.70. The quantitative estimate of drug-likeness (QED) is 0.801. The molecule has 2 aromatic rings. The molecule has 0 bridgehead atoms. The Balaban J connectivity index is 1.94. The molecule has 1 fully saturated rings. The van der Waals surface area contributed by atoms with Crippen LogP contribution in [0.15, 0.2) is 24.3 Å². The van der Waals surface area contributed by atoms with Crippen molar-refractivity contribution >= 4 is 29.1 Å². The van der Waals surface area contributed by atoms with Gasteiger partial charge in [-0.3, -0.25) is 0 Å². The van der Waals surface area contributed by atoms with Crippen LogP contribution in [-0.2, 0) is 0 Å². The lowest BCUT2D eigenvalue weighted by atomic mass is 10.1. The normalized spacial score (nSPS) is 14.7. The summed E-state index contributed by atoms with van der Waals surface area (Å²) in [6, 6.07) is 7.90. The number of rotatable bonds is 4. The van der Waals surface area contributed by atoms with E-state index in [1.54, 1.807) is 0 Å². The SMILES string of the molecule is Cc1cccc(Cl)c1Nc1cc(C2CC2)nc(NC(C)(C)C)n1. The number of hydrogen-bond acceptors (Lipinski definition) is 4. The maximum atomic E-state index is 6.32. The van der Waals surface area contributed by atoms with Gasteiger partial charge in [-0.15, -0.1) is 0 Å². The maximum Gasteiger partial charge on any atom is 0.225 e. The first-order chi connectivity index (χ1) is 10.8. The second kappa shape index (κ2) is 6.00. The van der Waals surface area contributed by atoms with Crippen LogP contribution in [0.5, 0.6) is 0 Å². The maximum absolute atomic E-state index is 6.32. The van der Waals surface area contributed by atoms with Crippen molar-refractivity contribution in [1.82, 2.24) is 9.97 Å². The van der Waals surface area contributed by atoms with Crippen LogP contribution in [0.25, 0.3) is 0 Å². The van der Waals surface area contributed by atoms with E-state index in [-0.39, 0.29) is 5.54 Å². The van der Waals surface area contributed by atoms with Crippen molar-refractivity contribution in [1.29, 1.82) is 0 Å². The van der Waals surface area contributed by atoms with E-state index in [1.165, 1.54) is 12.8 Å². The summed E-state index contributed by atoms with van der Waals surface area (Å²) in [6.07, 6.45) is 2.41. The fourth-order valence-electron chi connectivity index (χ4n) is 2.43. The third kappa shape index (κ3) is 4.14. The fourth-order valence-corrected chi connectivity index (χ4v) is 2.70. The van der Waals surface area contributed by atoms with Gasteiger partial charge in [-0.1, -0.05) is 23.7 Å². The predicted octanol–water partition coefficient (Wildman–Crippen LogP) is 5.27. The molecule has 1 heterocycles. The molecule has 0 saturated heterocycles. The Labute approximate surface area is 142 Å². The van der Waals surface area contributed by atoms with Crippen LogP contribution in [0.3, 0.4) is 0 Å². The first kappa shape index (κ1) is 16.1. The van der Waals surface area contributed by atoms with Gasteiger partial charge in [0.25, 0.3) is 0 Å². The molecule has 1 aliphatic carbocycles. The molecule has 0 spiro atoms. The number of aromatic nitrogens is 2. The highest BCUT2D eigenvalue weighted by Gasteiger charge is 2.27. The first-order valence-corrected chi connectivity index (χ1v) is 8.39. The van der Waals surface area contributed by atoms with Gasteiger partial charge in [0.2, 0.25) is 5.95 Å². The van der Waals surface area contributed by atoms with E-state index >= 15 is 0 Å². The van der Waals surface area contributed by atoms with Gasteiger partial charge in [-0.2, -0.15) is 4.98 Å². The lowest BCUT2D eigenvalue weighted by Crippen LogP contribution is -2.27. The minimum absolute atomic E-state index is 0.0836. The Morgan fingerprint density at radius 1 is 1.17 bits per heavy atom. The van der Waals surface area contributed by atoms with E-state index in [1.807, 2.05) is 31.2 Å². The summed E-state index contributed by atoms with van der Waals surface area (Å²) >= 11 is 6.32. The molecule has 0 radical (unpaired) electrons. The molecule has 2 N–H and O–H groups in total. The second-order valence-electron chi connectivity index (χ2n) is 7.21. The Bertz CT molecular complexity index is 697. The van der Waals surface area contributed by atoms with Crippen LogP contribution in [0.1, 0.15) is 50.8 Å². The molecule has 0 aliphatic heterocycles. The molecular formula is C18H23ClN4. The van der Waals surface area contributed by atoms with Gasteiger partial charge in [0.05, 0.1) is 16.4 Å². The van der Waals surface area contributed by atoms with Gasteiger partial charge in [0, 0.05) is 17.5 Å². The zero-order chi connectivity index (χ0) is 16.6. The summed E-state index contributed by atoms with van der Waals surface area (Å²) in [6.45, 7) is 8.34. The average molecular weight is 331 g/mol. The monoisotopic (exact) mass is 330 g/mol. The molecule has 1 aromatic carbocycles. The molecule has 1 saturated carbocycles. The highest BCUT2D eigenvalue weighted by atomic mass is 35.5. The zero-order valence-electron chi connectivity index (χ0n) is 14.1. The van der Waals surface area contributed by atoms with Gasteiger partial charge in [-0.25, -0.2) is 4.98 Å². The Kier molecular flexibility index (Phi) is 4.19. The molecular weight excluding hydrogens is 308 g/mol. The number of para-hydroxylation sites is 1. The van der Waals surface area contributed by atoms with E-state index in [4.69, 9.17) is 11.6 Å². The first-order valence-electron chi connectivity index (χ1n) is 8.01. The Hall–Kier alpha value is -1.81. The van der Waals surface area contributed by atoms with Crippen LogP contribution in [-0.4, -0.2) is 15.5 Å². The van der Waals surface area contributed by atoms with Gasteiger partial charge < -0.3 is 10.6 Å². The summed E-state index contributed by atoms with van der Waals surface area (Å²) in [5.74, 6) is 2.00. The van der Waals surface area contributed by atoms with Crippen LogP contribution >= 0.6 is 11.6 Å². The van der Waals surface area contributed by atoms with E-state index < -0.39 is 0 Å². The molecule has 0 unspecified atom stereocenters. The molecule has 1 aromatic heterocycles. The fraction of sp³-hybridized carbons (Fsp3) is 0.444. The zero-order valence-corrected chi connectivity index (χ0v) is 14.8. The number of aryl methyl sites for hydroxylation is 1. The molecule has 5 heteroatoms. The Morgan fingerprint density at radius 2 is 1.91 bits per heavy atom. The minimum atomic E-state index is -0.0836. The van der Waals surface area contributed by atoms with Gasteiger partial charge in [0.15, 0.2) is 0 Å². The smallest absolute Gasteiger partial charge is 0.225 e. The second-order valence-corrected chi connectivity index (χ2v) is 7.61. The highest BCUT2D eigenvalue weighted by Crippen LogP contribution is 2.40. The van der Waals surface area contributed by atoms with Crippen LogP contribution in [0.4, 0.5) is 17.5 Å². The number of nitrogens with one attached hydrogen (secondary N) is 2. The van der Waals surface area contributed by atoms with Crippen molar-refractivity contribution in [3.05, 3.63) is 40.5 Å². The summed E-state index contributed by atoms with van der Waals surface area (Å²) in [4.78, 5) is 9.29. The van der Waals surface area contributed by atoms with Crippen LogP contribution in [0.2, 0.25) is 5.02 Å². The minimum Gasteiger partial charge on any atom is -0.350 e. The lowest BCUT2D eigenvalue weighted by Gasteiger charge is -2.21. The number of nitrogens with zero attached hydrogens (tertiary/aromatic N) is 2. The van der Waals surface area contributed by atoms with Gasteiger partial charge >= 0.3 is 0 Å². The van der Waals surface area contributed by atoms with E-state index in [0.717, 1.165) is 22.8 Å². The standard InChI is InChI=1S/C18H23ClN4/c1-11-6-5-7-13(19)16(11)21-15-10-14(12-8-9-12)20-17(22-15)23-18(2,3)4/h5-7,10,12H,8-9H2,1-4H3,(H2,20,21,22,23). The molecule has 23 heavy (non-hydrogen) atoms. The third-order valence-corrected chi connectivity index (χ3v) is 4.02. The molecule has 122 valence electrons. The van der Waals surface area contributed by atoms with Crippen LogP contribution < -0.4 is 10.6 Å². The van der Waals surface area contributed by atoms with Crippen molar-refractivity contribution < 1.29 is 0 Å². The number of hydrogen-bond donors (Lipinski definition) is 2. The van der Waals surface area contributed by atoms with Crippen LogP contribution in [0, 0.1) is 6.92 Å². The summed E-state index contributed by atoms with van der Waals surface area (Å²) in [5, 5.41) is 7.43. The van der Waals surface area contributed by atoms with Crippen molar-refractivity contribution in [3.8, 4) is 0 Å². The van der Waals surface area contributed by atoms with Crippen molar-refractivity contribution in [3.63, 3.8) is 0 Å². The van der Waals surface area contributed by atoms with E-state index in [2.05, 4.69) is 41.4 Å². The average Bonchev–Trinajstić information content (AvgIpc) is 3.25. The summed E-state index contributed by atoms with van der Waals surface area (Å²) in [7, 11) is 0. The van der Waals surface area contributed by atoms with Gasteiger partial charge in [0.1, 0.15) is 5.82 Å². The van der Waals surface area contributed by atoms with E-state index in [9.17, 15) is 0 Å². The lowest BCUT2D eigenvalue weighted by molar-refractivity contribution is 0.625. The molecule has 0 atom stereocenters.